The topological polar surface area (TPSA) is 74.8 Å². The van der Waals surface area contributed by atoms with Gasteiger partial charge in [-0.15, -0.1) is 0 Å². The first-order chi connectivity index (χ1) is 15.5. The molecule has 0 radical (unpaired) electrons. The van der Waals surface area contributed by atoms with E-state index >= 15 is 0 Å². The molecule has 32 heavy (non-hydrogen) atoms. The second-order valence-electron chi connectivity index (χ2n) is 8.19. The number of allylic oxidation sites excluding steroid dienone is 2. The molecule has 0 bridgehead atoms. The molecule has 0 amide bonds. The molecule has 2 aliphatic rings. The van der Waals surface area contributed by atoms with Gasteiger partial charge in [0.2, 0.25) is 0 Å². The van der Waals surface area contributed by atoms with E-state index in [0.717, 1.165) is 29.7 Å². The molecule has 1 atom stereocenters. The summed E-state index contributed by atoms with van der Waals surface area (Å²) in [5, 5.41) is 4.49. The lowest BCUT2D eigenvalue weighted by Gasteiger charge is -2.32. The number of nitrogens with one attached hydrogen (secondary N) is 2. The third-order valence-corrected chi connectivity index (χ3v) is 7.13. The highest BCUT2D eigenvalue weighted by atomic mass is 35.5. The lowest BCUT2D eigenvalue weighted by Crippen LogP contribution is -2.32. The Morgan fingerprint density at radius 1 is 1.06 bits per heavy atom. The van der Waals surface area contributed by atoms with E-state index < -0.39 is 5.92 Å². The van der Waals surface area contributed by atoms with Crippen LogP contribution >= 0.6 is 23.4 Å². The maximum atomic E-state index is 13.3. The van der Waals surface area contributed by atoms with Gasteiger partial charge in [-0.25, -0.2) is 4.98 Å². The van der Waals surface area contributed by atoms with Crippen LogP contribution < -0.4 is 10.9 Å². The number of aromatic nitrogens is 2. The third kappa shape index (κ3) is 4.00. The molecule has 0 unspecified atom stereocenters. The van der Waals surface area contributed by atoms with Crippen molar-refractivity contribution in [1.82, 2.24) is 9.97 Å². The van der Waals surface area contributed by atoms with E-state index in [2.05, 4.69) is 41.5 Å². The zero-order valence-corrected chi connectivity index (χ0v) is 19.1. The Bertz CT molecular complexity index is 1280. The zero-order valence-electron chi connectivity index (χ0n) is 17.6. The quantitative estimate of drug-likeness (QED) is 0.389. The normalized spacial score (nSPS) is 17.6. The van der Waals surface area contributed by atoms with Gasteiger partial charge >= 0.3 is 0 Å². The van der Waals surface area contributed by atoms with Crippen LogP contribution in [0.1, 0.15) is 47.4 Å². The highest BCUT2D eigenvalue weighted by Gasteiger charge is 2.37. The zero-order chi connectivity index (χ0) is 22.2. The van der Waals surface area contributed by atoms with Gasteiger partial charge in [-0.3, -0.25) is 9.59 Å². The number of aromatic amines is 1. The molecule has 0 spiro atoms. The lowest BCUT2D eigenvalue weighted by atomic mass is 9.76. The molecule has 7 heteroatoms. The molecule has 5 nitrogen and oxygen atoms in total. The Kier molecular flexibility index (Phi) is 5.66. The largest absolute Gasteiger partial charge is 0.343 e. The summed E-state index contributed by atoms with van der Waals surface area (Å²) < 4.78 is 0. The first-order valence-corrected chi connectivity index (χ1v) is 12.0. The molecule has 1 aliphatic heterocycles. The minimum absolute atomic E-state index is 0.0848. The molecule has 0 fully saturated rings. The number of ketones is 1. The maximum absolute atomic E-state index is 13.3. The second-order valence-corrected chi connectivity index (χ2v) is 9.59. The Hall–Kier alpha value is -2.83. The molecule has 5 rings (SSSR count). The fraction of sp³-hybridized carbons (Fsp3) is 0.240. The summed E-state index contributed by atoms with van der Waals surface area (Å²) in [6.07, 6.45) is 2.06. The Morgan fingerprint density at radius 3 is 2.56 bits per heavy atom. The van der Waals surface area contributed by atoms with Crippen LogP contribution in [0, 0.1) is 6.92 Å². The number of hydrogen-bond acceptors (Lipinski definition) is 5. The summed E-state index contributed by atoms with van der Waals surface area (Å²) in [5.41, 5.74) is 5.06. The van der Waals surface area contributed by atoms with Crippen LogP contribution in [-0.4, -0.2) is 15.8 Å². The van der Waals surface area contributed by atoms with Crippen LogP contribution in [0.25, 0.3) is 0 Å². The van der Waals surface area contributed by atoms with Crippen LogP contribution in [-0.2, 0) is 10.5 Å². The number of benzene rings is 2. The molecule has 2 N–H and O–H groups in total. The van der Waals surface area contributed by atoms with Gasteiger partial charge in [0.1, 0.15) is 5.82 Å². The standard InChI is InChI=1S/C25H22ClN3O2S/c1-14-5-7-15(8-6-14)13-32-25-28-23-22(24(31)29-25)20(16-9-11-17(26)12-10-16)21-18(27-23)3-2-4-19(21)30/h5-12,20H,2-4,13H2,1H3,(H2,27,28,29,31)/t20-/m1/s1. The van der Waals surface area contributed by atoms with Crippen molar-refractivity contribution >= 4 is 35.0 Å². The second kappa shape index (κ2) is 8.60. The summed E-state index contributed by atoms with van der Waals surface area (Å²) >= 11 is 7.58. The molecule has 0 saturated heterocycles. The SMILES string of the molecule is Cc1ccc(CSc2nc3c(c(=O)[nH]2)[C@H](c2ccc(Cl)cc2)C2=C(CCCC2=O)N3)cc1. The fourth-order valence-corrected chi connectivity index (χ4v) is 5.28. The molecule has 2 aromatic carbocycles. The monoisotopic (exact) mass is 463 g/mol. The Labute approximate surface area is 195 Å². The summed E-state index contributed by atoms with van der Waals surface area (Å²) in [6.45, 7) is 2.06. The molecule has 1 aliphatic carbocycles. The van der Waals surface area contributed by atoms with Crippen molar-refractivity contribution in [2.45, 2.75) is 43.0 Å². The molecule has 3 aromatic rings. The number of rotatable bonds is 4. The third-order valence-electron chi connectivity index (χ3n) is 5.94. The van der Waals surface area contributed by atoms with Gasteiger partial charge < -0.3 is 10.3 Å². The maximum Gasteiger partial charge on any atom is 0.257 e. The van der Waals surface area contributed by atoms with Crippen molar-refractivity contribution in [3.8, 4) is 0 Å². The first-order valence-electron chi connectivity index (χ1n) is 10.6. The van der Waals surface area contributed by atoms with E-state index in [9.17, 15) is 9.59 Å². The first kappa shape index (κ1) is 21.0. The van der Waals surface area contributed by atoms with Crippen molar-refractivity contribution in [2.75, 3.05) is 5.32 Å². The van der Waals surface area contributed by atoms with Crippen molar-refractivity contribution in [1.29, 1.82) is 0 Å². The van der Waals surface area contributed by atoms with Gasteiger partial charge in [0.15, 0.2) is 10.9 Å². The van der Waals surface area contributed by atoms with E-state index in [1.54, 1.807) is 12.1 Å². The number of thioether (sulfide) groups is 1. The number of nitrogens with zero attached hydrogens (tertiary/aromatic N) is 1. The Balaban J connectivity index is 1.54. The van der Waals surface area contributed by atoms with Crippen molar-refractivity contribution in [3.63, 3.8) is 0 Å². The van der Waals surface area contributed by atoms with E-state index in [0.29, 0.717) is 39.3 Å². The predicted molar refractivity (Wildman–Crippen MR) is 128 cm³/mol. The Morgan fingerprint density at radius 2 is 1.81 bits per heavy atom. The summed E-state index contributed by atoms with van der Waals surface area (Å²) in [4.78, 5) is 33.8. The number of halogens is 1. The van der Waals surface area contributed by atoms with Crippen LogP contribution in [0.5, 0.6) is 0 Å². The number of anilines is 1. The van der Waals surface area contributed by atoms with Gasteiger partial charge in [0, 0.05) is 34.4 Å². The minimum Gasteiger partial charge on any atom is -0.343 e. The molecule has 1 aromatic heterocycles. The highest BCUT2D eigenvalue weighted by molar-refractivity contribution is 7.98. The number of fused-ring (bicyclic) bond motifs is 1. The van der Waals surface area contributed by atoms with E-state index in [1.807, 2.05) is 12.1 Å². The highest BCUT2D eigenvalue weighted by Crippen LogP contribution is 2.43. The van der Waals surface area contributed by atoms with Gasteiger partial charge in [0.05, 0.1) is 5.56 Å². The summed E-state index contributed by atoms with van der Waals surface area (Å²) in [6, 6.07) is 15.7. The minimum atomic E-state index is -0.446. The van der Waals surface area contributed by atoms with E-state index in [1.165, 1.54) is 17.3 Å². The number of Topliss-reactive ketones (excluding diaryl/α,β-unsaturated/α-hetero) is 1. The average Bonchev–Trinajstić information content (AvgIpc) is 2.78. The fourth-order valence-electron chi connectivity index (χ4n) is 4.33. The number of aryl methyl sites for hydroxylation is 1. The number of carbonyl (C=O) groups excluding carboxylic acids is 1. The molecule has 2 heterocycles. The van der Waals surface area contributed by atoms with Crippen LogP contribution in [0.3, 0.4) is 0 Å². The van der Waals surface area contributed by atoms with E-state index in [-0.39, 0.29) is 11.3 Å². The van der Waals surface area contributed by atoms with E-state index in [4.69, 9.17) is 16.6 Å². The average molecular weight is 464 g/mol. The number of carbonyl (C=O) groups is 1. The molecule has 162 valence electrons. The van der Waals surface area contributed by atoms with Crippen molar-refractivity contribution in [3.05, 3.63) is 97.4 Å². The lowest BCUT2D eigenvalue weighted by molar-refractivity contribution is -0.116. The molecular formula is C25H22ClN3O2S. The van der Waals surface area contributed by atoms with Gasteiger partial charge in [-0.05, 0) is 43.0 Å². The number of hydrogen-bond donors (Lipinski definition) is 2. The van der Waals surface area contributed by atoms with Crippen LogP contribution in [0.2, 0.25) is 5.02 Å². The van der Waals surface area contributed by atoms with Crippen LogP contribution in [0.15, 0.2) is 69.8 Å². The predicted octanol–water partition coefficient (Wildman–Crippen LogP) is 5.59. The van der Waals surface area contributed by atoms with Crippen molar-refractivity contribution in [2.24, 2.45) is 0 Å². The molecule has 0 saturated carbocycles. The summed E-state index contributed by atoms with van der Waals surface area (Å²) in [5.74, 6) is 0.878. The van der Waals surface area contributed by atoms with Crippen molar-refractivity contribution < 1.29 is 4.79 Å². The smallest absolute Gasteiger partial charge is 0.257 e. The molecular weight excluding hydrogens is 442 g/mol. The summed E-state index contributed by atoms with van der Waals surface area (Å²) in [7, 11) is 0. The van der Waals surface area contributed by atoms with Gasteiger partial charge in [0.25, 0.3) is 5.56 Å². The van der Waals surface area contributed by atoms with Gasteiger partial charge in [-0.1, -0.05) is 65.3 Å². The van der Waals surface area contributed by atoms with Crippen LogP contribution in [0.4, 0.5) is 5.82 Å². The number of H-pyrrole nitrogens is 1. The van der Waals surface area contributed by atoms with Gasteiger partial charge in [-0.2, -0.15) is 0 Å².